The Kier molecular flexibility index (Phi) is 4.70. The first-order valence-corrected chi connectivity index (χ1v) is 7.25. The minimum atomic E-state index is -0.306. The van der Waals surface area contributed by atoms with Gasteiger partial charge in [0.1, 0.15) is 15.6 Å². The van der Waals surface area contributed by atoms with E-state index in [9.17, 15) is 4.79 Å². The summed E-state index contributed by atoms with van der Waals surface area (Å²) in [6, 6.07) is 7.67. The lowest BCUT2D eigenvalue weighted by molar-refractivity contribution is 0.0956. The first-order chi connectivity index (χ1) is 9.71. The minimum Gasteiger partial charge on any atom is -0.493 e. The number of aromatic nitrogens is 1. The molecule has 0 fully saturated rings. The van der Waals surface area contributed by atoms with Gasteiger partial charge in [-0.05, 0) is 25.5 Å². The number of nitrogen functional groups attached to an aromatic ring is 1. The fourth-order valence-electron chi connectivity index (χ4n) is 1.87. The third-order valence-electron chi connectivity index (χ3n) is 2.79. The van der Waals surface area contributed by atoms with E-state index < -0.39 is 0 Å². The van der Waals surface area contributed by atoms with Gasteiger partial charge in [0.2, 0.25) is 0 Å². The van der Waals surface area contributed by atoms with E-state index in [2.05, 4.69) is 10.4 Å². The summed E-state index contributed by atoms with van der Waals surface area (Å²) in [6.07, 6.45) is 0.677. The Morgan fingerprint density at radius 1 is 1.40 bits per heavy atom. The number of hydrogen-bond donors (Lipinski definition) is 2. The lowest BCUT2D eigenvalue weighted by Crippen LogP contribution is -2.29. The predicted molar refractivity (Wildman–Crippen MR) is 79.8 cm³/mol. The number of rotatable bonds is 5. The van der Waals surface area contributed by atoms with Crippen molar-refractivity contribution in [3.8, 4) is 16.3 Å². The molecule has 0 aliphatic heterocycles. The summed E-state index contributed by atoms with van der Waals surface area (Å²) in [7, 11) is 0. The monoisotopic (exact) mass is 291 g/mol. The fourth-order valence-corrected chi connectivity index (χ4v) is 2.96. The Hall–Kier alpha value is -1.92. The zero-order valence-electron chi connectivity index (χ0n) is 11.5. The largest absolute Gasteiger partial charge is 0.493 e. The molecule has 1 aromatic heterocycles. The van der Waals surface area contributed by atoms with Crippen LogP contribution in [0.4, 0.5) is 0 Å². The molecule has 0 saturated heterocycles. The summed E-state index contributed by atoms with van der Waals surface area (Å²) >= 11 is 1.33. The summed E-state index contributed by atoms with van der Waals surface area (Å²) in [5.74, 6) is 5.67. The number of nitrogens with one attached hydrogen (secondary N) is 1. The van der Waals surface area contributed by atoms with E-state index in [1.165, 1.54) is 11.3 Å². The van der Waals surface area contributed by atoms with Gasteiger partial charge in [-0.1, -0.05) is 19.1 Å². The van der Waals surface area contributed by atoms with E-state index in [0.717, 1.165) is 22.0 Å². The lowest BCUT2D eigenvalue weighted by Gasteiger charge is -2.07. The van der Waals surface area contributed by atoms with Crippen LogP contribution in [0, 0.1) is 0 Å². The van der Waals surface area contributed by atoms with E-state index in [0.29, 0.717) is 17.9 Å². The maximum atomic E-state index is 11.8. The van der Waals surface area contributed by atoms with Crippen molar-refractivity contribution in [1.82, 2.24) is 10.4 Å². The highest BCUT2D eigenvalue weighted by molar-refractivity contribution is 7.17. The van der Waals surface area contributed by atoms with Gasteiger partial charge < -0.3 is 4.74 Å². The Balaban J connectivity index is 2.48. The number of thiazole rings is 1. The summed E-state index contributed by atoms with van der Waals surface area (Å²) in [4.78, 5) is 16.8. The standard InChI is InChI=1S/C14H17N3O2S/c1-3-10-12(13(18)17-15)20-14(16-10)9-7-5-6-8-11(9)19-4-2/h5-8H,3-4,15H2,1-2H3,(H,17,18). The number of carbonyl (C=O) groups excluding carboxylic acids is 1. The molecule has 0 atom stereocenters. The number of para-hydroxylation sites is 1. The van der Waals surface area contributed by atoms with Crippen LogP contribution in [0.5, 0.6) is 5.75 Å². The van der Waals surface area contributed by atoms with Crippen LogP contribution in [0.3, 0.4) is 0 Å². The maximum Gasteiger partial charge on any atom is 0.277 e. The van der Waals surface area contributed by atoms with E-state index in [4.69, 9.17) is 10.6 Å². The number of carbonyl (C=O) groups is 1. The zero-order valence-corrected chi connectivity index (χ0v) is 12.3. The Morgan fingerprint density at radius 2 is 2.15 bits per heavy atom. The molecule has 0 spiro atoms. The first kappa shape index (κ1) is 14.5. The Bertz CT molecular complexity index is 610. The number of hydrogen-bond acceptors (Lipinski definition) is 5. The summed E-state index contributed by atoms with van der Waals surface area (Å²) in [5, 5.41) is 0.768. The van der Waals surface area contributed by atoms with Crippen molar-refractivity contribution in [2.24, 2.45) is 5.84 Å². The normalized spacial score (nSPS) is 10.3. The molecule has 1 aromatic carbocycles. The van der Waals surface area contributed by atoms with E-state index in [-0.39, 0.29) is 5.91 Å². The van der Waals surface area contributed by atoms with Crippen LogP contribution in [0.15, 0.2) is 24.3 Å². The average molecular weight is 291 g/mol. The molecule has 106 valence electrons. The predicted octanol–water partition coefficient (Wildman–Crippen LogP) is 2.37. The number of ether oxygens (including phenoxy) is 1. The van der Waals surface area contributed by atoms with Gasteiger partial charge >= 0.3 is 0 Å². The molecule has 0 aliphatic rings. The highest BCUT2D eigenvalue weighted by Gasteiger charge is 2.18. The van der Waals surface area contributed by atoms with Gasteiger partial charge in [0, 0.05) is 0 Å². The van der Waals surface area contributed by atoms with Crippen LogP contribution in [0.2, 0.25) is 0 Å². The van der Waals surface area contributed by atoms with Crippen LogP contribution in [0.1, 0.15) is 29.2 Å². The van der Waals surface area contributed by atoms with Gasteiger partial charge in [0.05, 0.1) is 17.9 Å². The quantitative estimate of drug-likeness (QED) is 0.504. The minimum absolute atomic E-state index is 0.306. The number of aryl methyl sites for hydroxylation is 1. The SMILES string of the molecule is CCOc1ccccc1-c1nc(CC)c(C(=O)NN)s1. The summed E-state index contributed by atoms with van der Waals surface area (Å²) < 4.78 is 5.60. The molecule has 2 rings (SSSR count). The summed E-state index contributed by atoms with van der Waals surface area (Å²) in [6.45, 7) is 4.48. The van der Waals surface area contributed by atoms with Gasteiger partial charge in [-0.15, -0.1) is 11.3 Å². The third-order valence-corrected chi connectivity index (χ3v) is 3.92. The van der Waals surface area contributed by atoms with Crippen molar-refractivity contribution in [3.63, 3.8) is 0 Å². The molecule has 6 heteroatoms. The van der Waals surface area contributed by atoms with Crippen LogP contribution in [-0.2, 0) is 6.42 Å². The smallest absolute Gasteiger partial charge is 0.277 e. The average Bonchev–Trinajstić information content (AvgIpc) is 2.91. The second-order valence-electron chi connectivity index (χ2n) is 4.05. The van der Waals surface area contributed by atoms with Crippen molar-refractivity contribution < 1.29 is 9.53 Å². The lowest BCUT2D eigenvalue weighted by atomic mass is 10.2. The van der Waals surface area contributed by atoms with E-state index in [1.807, 2.05) is 38.1 Å². The fraction of sp³-hybridized carbons (Fsp3) is 0.286. The van der Waals surface area contributed by atoms with Crippen molar-refractivity contribution in [1.29, 1.82) is 0 Å². The molecule has 5 nitrogen and oxygen atoms in total. The van der Waals surface area contributed by atoms with Gasteiger partial charge in [-0.3, -0.25) is 10.2 Å². The number of nitrogens with zero attached hydrogens (tertiary/aromatic N) is 1. The number of nitrogens with two attached hydrogens (primary N) is 1. The van der Waals surface area contributed by atoms with Crippen molar-refractivity contribution >= 4 is 17.2 Å². The molecule has 0 saturated carbocycles. The molecule has 1 heterocycles. The molecule has 3 N–H and O–H groups in total. The van der Waals surface area contributed by atoms with Crippen LogP contribution < -0.4 is 16.0 Å². The number of amides is 1. The van der Waals surface area contributed by atoms with Gasteiger partial charge in [-0.2, -0.15) is 0 Å². The molecule has 2 aromatic rings. The zero-order chi connectivity index (χ0) is 14.5. The summed E-state index contributed by atoms with van der Waals surface area (Å²) in [5.41, 5.74) is 3.80. The van der Waals surface area contributed by atoms with Crippen LogP contribution >= 0.6 is 11.3 Å². The number of benzene rings is 1. The second kappa shape index (κ2) is 6.49. The Morgan fingerprint density at radius 3 is 2.80 bits per heavy atom. The molecular formula is C14H17N3O2S. The van der Waals surface area contributed by atoms with Gasteiger partial charge in [0.15, 0.2) is 0 Å². The van der Waals surface area contributed by atoms with Gasteiger partial charge in [0.25, 0.3) is 5.91 Å². The molecule has 0 aliphatic carbocycles. The number of hydrazine groups is 1. The molecule has 0 radical (unpaired) electrons. The van der Waals surface area contributed by atoms with Crippen molar-refractivity contribution in [2.75, 3.05) is 6.61 Å². The molecule has 1 amide bonds. The third kappa shape index (κ3) is 2.81. The first-order valence-electron chi connectivity index (χ1n) is 6.44. The van der Waals surface area contributed by atoms with Crippen LogP contribution in [0.25, 0.3) is 10.6 Å². The van der Waals surface area contributed by atoms with Crippen molar-refractivity contribution in [2.45, 2.75) is 20.3 Å². The maximum absolute atomic E-state index is 11.8. The van der Waals surface area contributed by atoms with E-state index >= 15 is 0 Å². The highest BCUT2D eigenvalue weighted by atomic mass is 32.1. The Labute approximate surface area is 121 Å². The highest BCUT2D eigenvalue weighted by Crippen LogP contribution is 2.34. The molecule has 0 bridgehead atoms. The topological polar surface area (TPSA) is 77.2 Å². The molecular weight excluding hydrogens is 274 g/mol. The second-order valence-corrected chi connectivity index (χ2v) is 5.05. The van der Waals surface area contributed by atoms with Crippen LogP contribution in [-0.4, -0.2) is 17.5 Å². The van der Waals surface area contributed by atoms with Crippen molar-refractivity contribution in [3.05, 3.63) is 34.8 Å². The van der Waals surface area contributed by atoms with Gasteiger partial charge in [-0.25, -0.2) is 10.8 Å². The van der Waals surface area contributed by atoms with E-state index in [1.54, 1.807) is 0 Å². The molecule has 0 unspecified atom stereocenters. The molecule has 20 heavy (non-hydrogen) atoms.